The molecule has 0 aliphatic carbocycles. The van der Waals surface area contributed by atoms with Crippen molar-refractivity contribution in [2.24, 2.45) is 7.05 Å². The molecule has 1 aliphatic heterocycles. The van der Waals surface area contributed by atoms with E-state index in [1.807, 2.05) is 41.3 Å². The fraction of sp³-hybridized carbons (Fsp3) is 0.167. The van der Waals surface area contributed by atoms with Gasteiger partial charge in [-0.1, -0.05) is 12.6 Å². The van der Waals surface area contributed by atoms with Crippen molar-refractivity contribution in [3.63, 3.8) is 0 Å². The van der Waals surface area contributed by atoms with Gasteiger partial charge in [0.05, 0.1) is 41.9 Å². The first-order chi connectivity index (χ1) is 19.8. The lowest BCUT2D eigenvalue weighted by molar-refractivity contribution is -0.129. The van der Waals surface area contributed by atoms with Gasteiger partial charge in [0.1, 0.15) is 17.2 Å². The maximum absolute atomic E-state index is 14.7. The van der Waals surface area contributed by atoms with Gasteiger partial charge in [0.2, 0.25) is 5.91 Å². The number of fused-ring (bicyclic) bond motifs is 3. The number of amides is 1. The third kappa shape index (κ3) is 4.48. The summed E-state index contributed by atoms with van der Waals surface area (Å²) in [5.74, 6) is -0.943. The second-order valence-electron chi connectivity index (χ2n) is 9.67. The van der Waals surface area contributed by atoms with Crippen molar-refractivity contribution in [1.82, 2.24) is 29.4 Å². The number of rotatable bonds is 5. The Balaban J connectivity index is 1.59. The molecule has 11 heteroatoms. The Morgan fingerprint density at radius 1 is 1.17 bits per heavy atom. The van der Waals surface area contributed by atoms with Gasteiger partial charge in [0, 0.05) is 46.3 Å². The first-order valence-electron chi connectivity index (χ1n) is 12.8. The molecular formula is C30H24F2N6O2S. The Hall–Kier alpha value is -4.77. The summed E-state index contributed by atoms with van der Waals surface area (Å²) in [6.07, 6.45) is 5.07. The molecule has 1 unspecified atom stereocenters. The zero-order valence-corrected chi connectivity index (χ0v) is 23.0. The van der Waals surface area contributed by atoms with Crippen molar-refractivity contribution in [1.29, 1.82) is 0 Å². The molecule has 5 aromatic rings. The summed E-state index contributed by atoms with van der Waals surface area (Å²) in [6.45, 7) is 6.46. The predicted molar refractivity (Wildman–Crippen MR) is 156 cm³/mol. The number of nitrogens with zero attached hydrogens (tertiary/aromatic N) is 6. The highest BCUT2D eigenvalue weighted by atomic mass is 32.1. The molecule has 1 aromatic carbocycles. The molecule has 0 spiro atoms. The van der Waals surface area contributed by atoms with Crippen LogP contribution >= 0.6 is 11.3 Å². The highest BCUT2D eigenvalue weighted by molar-refractivity contribution is 7.17. The van der Waals surface area contributed by atoms with E-state index < -0.39 is 5.83 Å². The van der Waals surface area contributed by atoms with Gasteiger partial charge in [-0.05, 0) is 48.7 Å². The van der Waals surface area contributed by atoms with E-state index in [1.54, 1.807) is 24.2 Å². The number of benzene rings is 1. The van der Waals surface area contributed by atoms with E-state index in [9.17, 15) is 18.4 Å². The smallest absolute Gasteiger partial charge is 0.274 e. The van der Waals surface area contributed by atoms with Gasteiger partial charge < -0.3 is 4.90 Å². The van der Waals surface area contributed by atoms with Crippen LogP contribution in [0.15, 0.2) is 77.6 Å². The fourth-order valence-corrected chi connectivity index (χ4v) is 6.18. The summed E-state index contributed by atoms with van der Waals surface area (Å²) in [4.78, 5) is 31.7. The average Bonchev–Trinajstić information content (AvgIpc) is 3.63. The average molecular weight is 571 g/mol. The lowest BCUT2D eigenvalue weighted by Gasteiger charge is -2.33. The molecule has 1 atom stereocenters. The summed E-state index contributed by atoms with van der Waals surface area (Å²) in [5.41, 5.74) is 3.35. The standard InChI is InChI=1S/C30H24F2N6O2S/c1-4-26(39)37-10-11-38-25(17(37)2)15-24(35-38)28-23(14-20(32)7-9-31)29-22(8-12-41-29)27(34-28)18-5-6-21-19(13-18)16-33-36(3)30(21)40/h4-9,12-17H,1,10-11H2,2-3H3/b9-7+,20-14?. The van der Waals surface area contributed by atoms with Crippen LogP contribution in [0.5, 0.6) is 0 Å². The molecule has 0 fully saturated rings. The zero-order chi connectivity index (χ0) is 28.8. The van der Waals surface area contributed by atoms with Crippen LogP contribution in [-0.4, -0.2) is 41.9 Å². The van der Waals surface area contributed by atoms with Crippen molar-refractivity contribution in [2.75, 3.05) is 6.54 Å². The quantitative estimate of drug-likeness (QED) is 0.192. The molecule has 0 N–H and O–H groups in total. The van der Waals surface area contributed by atoms with E-state index in [0.717, 1.165) is 27.4 Å². The number of hydrogen-bond donors (Lipinski definition) is 0. The normalized spacial score (nSPS) is 15.7. The number of thiophene rings is 1. The minimum Gasteiger partial charge on any atom is -0.329 e. The highest BCUT2D eigenvalue weighted by Crippen LogP contribution is 2.40. The van der Waals surface area contributed by atoms with Gasteiger partial charge in [-0.3, -0.25) is 14.3 Å². The molecule has 0 bridgehead atoms. The summed E-state index contributed by atoms with van der Waals surface area (Å²) in [5, 5.41) is 12.8. The molecule has 5 heterocycles. The first kappa shape index (κ1) is 26.5. The Morgan fingerprint density at radius 2 is 2.00 bits per heavy atom. The largest absolute Gasteiger partial charge is 0.329 e. The summed E-state index contributed by atoms with van der Waals surface area (Å²) < 4.78 is 31.5. The van der Waals surface area contributed by atoms with E-state index in [4.69, 9.17) is 10.1 Å². The van der Waals surface area contributed by atoms with Crippen molar-refractivity contribution in [3.05, 3.63) is 94.4 Å². The number of allylic oxidation sites excluding steroid dienone is 2. The van der Waals surface area contributed by atoms with Crippen LogP contribution in [0.25, 0.3) is 49.6 Å². The Morgan fingerprint density at radius 3 is 2.78 bits per heavy atom. The van der Waals surface area contributed by atoms with Crippen LogP contribution in [0.3, 0.4) is 0 Å². The molecule has 206 valence electrons. The van der Waals surface area contributed by atoms with Gasteiger partial charge in [0.25, 0.3) is 5.56 Å². The maximum atomic E-state index is 14.7. The Bertz CT molecular complexity index is 1990. The van der Waals surface area contributed by atoms with Crippen LogP contribution in [0.1, 0.15) is 24.2 Å². The van der Waals surface area contributed by atoms with E-state index in [1.165, 1.54) is 28.2 Å². The number of aromatic nitrogens is 5. The van der Waals surface area contributed by atoms with Crippen molar-refractivity contribution in [2.45, 2.75) is 19.5 Å². The van der Waals surface area contributed by atoms with E-state index in [0.29, 0.717) is 46.5 Å². The first-order valence-corrected chi connectivity index (χ1v) is 13.7. The van der Waals surface area contributed by atoms with E-state index >= 15 is 0 Å². The molecule has 0 saturated heterocycles. The van der Waals surface area contributed by atoms with Gasteiger partial charge >= 0.3 is 0 Å². The molecule has 1 amide bonds. The predicted octanol–water partition coefficient (Wildman–Crippen LogP) is 5.96. The van der Waals surface area contributed by atoms with Crippen LogP contribution in [0.2, 0.25) is 0 Å². The molecule has 1 aliphatic rings. The number of carbonyl (C=O) groups is 1. The van der Waals surface area contributed by atoms with Crippen LogP contribution in [0.4, 0.5) is 8.78 Å². The van der Waals surface area contributed by atoms with Gasteiger partial charge in [-0.2, -0.15) is 10.2 Å². The monoisotopic (exact) mass is 570 g/mol. The molecule has 8 nitrogen and oxygen atoms in total. The van der Waals surface area contributed by atoms with Crippen LogP contribution < -0.4 is 5.56 Å². The summed E-state index contributed by atoms with van der Waals surface area (Å²) in [7, 11) is 1.60. The summed E-state index contributed by atoms with van der Waals surface area (Å²) >= 11 is 1.41. The van der Waals surface area contributed by atoms with Gasteiger partial charge in [-0.25, -0.2) is 18.4 Å². The second kappa shape index (κ2) is 10.3. The SMILES string of the molecule is C=CC(=O)N1CCn2nc(-c3nc(-c4ccc5c(=O)n(C)ncc5c4)c4ccsc4c3C=C(F)/C=C/F)cc2C1C. The lowest BCUT2D eigenvalue weighted by Crippen LogP contribution is -2.40. The Labute approximate surface area is 237 Å². The molecule has 0 saturated carbocycles. The minimum absolute atomic E-state index is 0.147. The lowest BCUT2D eigenvalue weighted by atomic mass is 10.0. The molecule has 0 radical (unpaired) electrons. The molecular weight excluding hydrogens is 546 g/mol. The zero-order valence-electron chi connectivity index (χ0n) is 22.2. The number of carbonyl (C=O) groups excluding carboxylic acids is 1. The van der Waals surface area contributed by atoms with E-state index in [-0.39, 0.29) is 23.8 Å². The Kier molecular flexibility index (Phi) is 6.66. The summed E-state index contributed by atoms with van der Waals surface area (Å²) in [6, 6.07) is 8.92. The van der Waals surface area contributed by atoms with Crippen molar-refractivity contribution in [3.8, 4) is 22.6 Å². The van der Waals surface area contributed by atoms with Gasteiger partial charge in [0.15, 0.2) is 0 Å². The van der Waals surface area contributed by atoms with Gasteiger partial charge in [-0.15, -0.1) is 11.3 Å². The topological polar surface area (TPSA) is 85.9 Å². The molecule has 4 aromatic heterocycles. The number of hydrogen-bond acceptors (Lipinski definition) is 6. The van der Waals surface area contributed by atoms with E-state index in [2.05, 4.69) is 11.7 Å². The van der Waals surface area contributed by atoms with Crippen LogP contribution in [0, 0.1) is 0 Å². The molecule has 6 rings (SSSR count). The maximum Gasteiger partial charge on any atom is 0.274 e. The fourth-order valence-electron chi connectivity index (χ4n) is 5.26. The third-order valence-corrected chi connectivity index (χ3v) is 8.27. The number of halogens is 2. The van der Waals surface area contributed by atoms with Crippen molar-refractivity contribution < 1.29 is 13.6 Å². The number of pyridine rings is 1. The van der Waals surface area contributed by atoms with Crippen LogP contribution in [-0.2, 0) is 18.4 Å². The highest BCUT2D eigenvalue weighted by Gasteiger charge is 2.29. The minimum atomic E-state index is -0.772. The second-order valence-corrected chi connectivity index (χ2v) is 10.6. The van der Waals surface area contributed by atoms with Crippen molar-refractivity contribution >= 4 is 44.2 Å². The number of aryl methyl sites for hydroxylation is 1. The molecule has 41 heavy (non-hydrogen) atoms. The third-order valence-electron chi connectivity index (χ3n) is 7.33.